The third-order valence-corrected chi connectivity index (χ3v) is 5.88. The van der Waals surface area contributed by atoms with Crippen molar-refractivity contribution in [1.82, 2.24) is 10.2 Å². The molecule has 3 heterocycles. The molecule has 1 spiro atoms. The van der Waals surface area contributed by atoms with Crippen molar-refractivity contribution in [3.05, 3.63) is 0 Å². The molecule has 21 heavy (non-hydrogen) atoms. The van der Waals surface area contributed by atoms with E-state index in [2.05, 4.69) is 24.2 Å². The lowest BCUT2D eigenvalue weighted by Gasteiger charge is -2.45. The number of piperidine rings is 1. The predicted molar refractivity (Wildman–Crippen MR) is 85.9 cm³/mol. The van der Waals surface area contributed by atoms with E-state index in [1.165, 1.54) is 0 Å². The highest BCUT2D eigenvalue weighted by molar-refractivity contribution is 8.14. The Balaban J connectivity index is 1.65. The number of nitrogens with zero attached hydrogens (tertiary/aromatic N) is 2. The Bertz CT molecular complexity index is 427. The largest absolute Gasteiger partial charge is 0.371 e. The molecule has 0 aromatic heterocycles. The van der Waals surface area contributed by atoms with Gasteiger partial charge < -0.3 is 15.0 Å². The maximum absolute atomic E-state index is 12.7. The minimum atomic E-state index is -0.177. The van der Waals surface area contributed by atoms with E-state index < -0.39 is 0 Å². The Morgan fingerprint density at radius 1 is 1.48 bits per heavy atom. The fraction of sp³-hybridized carbons (Fsp3) is 0.867. The zero-order valence-electron chi connectivity index (χ0n) is 12.9. The second-order valence-electron chi connectivity index (χ2n) is 6.49. The summed E-state index contributed by atoms with van der Waals surface area (Å²) in [5.41, 5.74) is -0.116. The van der Waals surface area contributed by atoms with Crippen LogP contribution in [-0.4, -0.2) is 66.0 Å². The van der Waals surface area contributed by atoms with Gasteiger partial charge in [-0.1, -0.05) is 13.8 Å². The molecule has 1 N–H and O–H groups in total. The first kappa shape index (κ1) is 15.3. The molecule has 3 aliphatic heterocycles. The summed E-state index contributed by atoms with van der Waals surface area (Å²) in [5.74, 6) is 1.42. The molecule has 0 aromatic rings. The zero-order valence-corrected chi connectivity index (χ0v) is 13.7. The number of morpholine rings is 1. The molecule has 5 nitrogen and oxygen atoms in total. The fourth-order valence-electron chi connectivity index (χ4n) is 3.26. The molecule has 1 unspecified atom stereocenters. The predicted octanol–water partition coefficient (Wildman–Crippen LogP) is 1.14. The average Bonchev–Trinajstić information content (AvgIpc) is 2.97. The van der Waals surface area contributed by atoms with E-state index >= 15 is 0 Å². The van der Waals surface area contributed by atoms with Gasteiger partial charge >= 0.3 is 0 Å². The molecule has 0 radical (unpaired) electrons. The minimum Gasteiger partial charge on any atom is -0.371 e. The van der Waals surface area contributed by atoms with E-state index in [1.807, 2.05) is 4.90 Å². The van der Waals surface area contributed by atoms with Gasteiger partial charge in [0.15, 0.2) is 0 Å². The van der Waals surface area contributed by atoms with Crippen molar-refractivity contribution in [2.24, 2.45) is 10.9 Å². The third-order valence-electron chi connectivity index (χ3n) is 4.53. The molecule has 1 atom stereocenters. The summed E-state index contributed by atoms with van der Waals surface area (Å²) in [6, 6.07) is -0.177. The van der Waals surface area contributed by atoms with Gasteiger partial charge in [0.05, 0.1) is 17.3 Å². The van der Waals surface area contributed by atoms with Gasteiger partial charge in [-0.05, 0) is 25.9 Å². The van der Waals surface area contributed by atoms with Gasteiger partial charge in [-0.2, -0.15) is 0 Å². The summed E-state index contributed by atoms with van der Waals surface area (Å²) in [4.78, 5) is 19.4. The number of aliphatic imine (C=N–C) groups is 1. The van der Waals surface area contributed by atoms with Crippen molar-refractivity contribution in [3.8, 4) is 0 Å². The molecule has 3 rings (SSSR count). The van der Waals surface area contributed by atoms with Crippen LogP contribution in [0, 0.1) is 5.92 Å². The van der Waals surface area contributed by atoms with Crippen LogP contribution in [0.15, 0.2) is 4.99 Å². The van der Waals surface area contributed by atoms with Gasteiger partial charge in [-0.25, -0.2) is 0 Å². The fourth-order valence-corrected chi connectivity index (χ4v) is 4.34. The quantitative estimate of drug-likeness (QED) is 0.831. The number of ether oxygens (including phenoxy) is 1. The van der Waals surface area contributed by atoms with Crippen molar-refractivity contribution in [2.45, 2.75) is 38.3 Å². The Morgan fingerprint density at radius 3 is 2.90 bits per heavy atom. The number of hydrogen-bond donors (Lipinski definition) is 1. The number of amides is 1. The van der Waals surface area contributed by atoms with Crippen LogP contribution in [0.1, 0.15) is 26.7 Å². The number of hydrogen-bond acceptors (Lipinski definition) is 5. The molecule has 6 heteroatoms. The topological polar surface area (TPSA) is 53.9 Å². The van der Waals surface area contributed by atoms with E-state index in [4.69, 9.17) is 4.74 Å². The third kappa shape index (κ3) is 3.27. The summed E-state index contributed by atoms with van der Waals surface area (Å²) in [6.07, 6.45) is 1.99. The molecule has 2 fully saturated rings. The molecular weight excluding hydrogens is 286 g/mol. The molecule has 0 aromatic carbocycles. The van der Waals surface area contributed by atoms with Crippen LogP contribution in [0.2, 0.25) is 0 Å². The van der Waals surface area contributed by atoms with Gasteiger partial charge in [-0.3, -0.25) is 9.79 Å². The number of rotatable bonds is 2. The summed E-state index contributed by atoms with van der Waals surface area (Å²) < 4.78 is 6.03. The molecule has 118 valence electrons. The molecule has 0 saturated carbocycles. The average molecular weight is 311 g/mol. The molecule has 2 saturated heterocycles. The van der Waals surface area contributed by atoms with Crippen molar-refractivity contribution in [3.63, 3.8) is 0 Å². The van der Waals surface area contributed by atoms with Crippen LogP contribution in [0.25, 0.3) is 0 Å². The SMILES string of the molecule is CC(C)C1=NC(C(=O)N2CCOC3(CCNCC3)C2)CS1. The van der Waals surface area contributed by atoms with E-state index in [0.29, 0.717) is 19.1 Å². The summed E-state index contributed by atoms with van der Waals surface area (Å²) >= 11 is 1.74. The zero-order chi connectivity index (χ0) is 14.9. The van der Waals surface area contributed by atoms with Gasteiger partial charge in [0, 0.05) is 24.8 Å². The normalized spacial score (nSPS) is 29.0. The van der Waals surface area contributed by atoms with E-state index in [0.717, 1.165) is 43.3 Å². The first-order valence-corrected chi connectivity index (χ1v) is 8.92. The van der Waals surface area contributed by atoms with Gasteiger partial charge in [0.2, 0.25) is 5.91 Å². The Kier molecular flexibility index (Phi) is 4.57. The lowest BCUT2D eigenvalue weighted by atomic mass is 9.90. The van der Waals surface area contributed by atoms with Crippen molar-refractivity contribution in [1.29, 1.82) is 0 Å². The highest BCUT2D eigenvalue weighted by Gasteiger charge is 2.41. The van der Waals surface area contributed by atoms with Gasteiger partial charge in [0.25, 0.3) is 0 Å². The van der Waals surface area contributed by atoms with Crippen LogP contribution in [-0.2, 0) is 9.53 Å². The second-order valence-corrected chi connectivity index (χ2v) is 7.53. The van der Waals surface area contributed by atoms with Crippen LogP contribution < -0.4 is 5.32 Å². The van der Waals surface area contributed by atoms with Crippen LogP contribution in [0.5, 0.6) is 0 Å². The summed E-state index contributed by atoms with van der Waals surface area (Å²) in [5, 5.41) is 4.49. The van der Waals surface area contributed by atoms with Gasteiger partial charge in [0.1, 0.15) is 6.04 Å². The van der Waals surface area contributed by atoms with Gasteiger partial charge in [-0.15, -0.1) is 11.8 Å². The summed E-state index contributed by atoms with van der Waals surface area (Å²) in [7, 11) is 0. The molecule has 0 aliphatic carbocycles. The van der Waals surface area contributed by atoms with E-state index in [-0.39, 0.29) is 17.6 Å². The standard InChI is InChI=1S/C15H25N3O2S/c1-11(2)13-17-12(9-21-13)14(19)18-7-8-20-15(10-18)3-5-16-6-4-15/h11-12,16H,3-10H2,1-2H3. The number of carbonyl (C=O) groups excluding carboxylic acids is 1. The van der Waals surface area contributed by atoms with Crippen LogP contribution in [0.4, 0.5) is 0 Å². The monoisotopic (exact) mass is 311 g/mol. The highest BCUT2D eigenvalue weighted by atomic mass is 32.2. The van der Waals surface area contributed by atoms with Crippen LogP contribution in [0.3, 0.4) is 0 Å². The lowest BCUT2D eigenvalue weighted by molar-refractivity contribution is -0.155. The minimum absolute atomic E-state index is 0.116. The summed E-state index contributed by atoms with van der Waals surface area (Å²) in [6.45, 7) is 8.35. The number of thioether (sulfide) groups is 1. The maximum Gasteiger partial charge on any atom is 0.248 e. The Morgan fingerprint density at radius 2 is 2.24 bits per heavy atom. The van der Waals surface area contributed by atoms with E-state index in [9.17, 15) is 4.79 Å². The highest BCUT2D eigenvalue weighted by Crippen LogP contribution is 2.30. The number of nitrogens with one attached hydrogen (secondary N) is 1. The first-order chi connectivity index (χ1) is 10.1. The smallest absolute Gasteiger partial charge is 0.248 e. The van der Waals surface area contributed by atoms with E-state index in [1.54, 1.807) is 11.8 Å². The van der Waals surface area contributed by atoms with Crippen molar-refractivity contribution >= 4 is 22.7 Å². The van der Waals surface area contributed by atoms with Crippen molar-refractivity contribution < 1.29 is 9.53 Å². The Hall–Kier alpha value is -0.590. The maximum atomic E-state index is 12.7. The van der Waals surface area contributed by atoms with Crippen molar-refractivity contribution in [2.75, 3.05) is 38.5 Å². The first-order valence-electron chi connectivity index (χ1n) is 7.94. The number of carbonyl (C=O) groups is 1. The molecular formula is C15H25N3O2S. The van der Waals surface area contributed by atoms with Crippen LogP contribution >= 0.6 is 11.8 Å². The molecule has 1 amide bonds. The lowest BCUT2D eigenvalue weighted by Crippen LogP contribution is -2.58. The molecule has 0 bridgehead atoms. The Labute approximate surface area is 130 Å². The molecule has 3 aliphatic rings. The second kappa shape index (κ2) is 6.26.